The van der Waals surface area contributed by atoms with Crippen molar-refractivity contribution in [1.29, 1.82) is 0 Å². The van der Waals surface area contributed by atoms with E-state index in [0.29, 0.717) is 12.6 Å². The summed E-state index contributed by atoms with van der Waals surface area (Å²) in [6.45, 7) is 2.62. The molecule has 0 saturated heterocycles. The van der Waals surface area contributed by atoms with Crippen LogP contribution in [0, 0.1) is 17.5 Å². The van der Waals surface area contributed by atoms with E-state index in [9.17, 15) is 13.2 Å². The Morgan fingerprint density at radius 3 is 2.40 bits per heavy atom. The van der Waals surface area contributed by atoms with Gasteiger partial charge in [-0.2, -0.15) is 5.10 Å². The average Bonchev–Trinajstić information content (AvgIpc) is 2.76. The van der Waals surface area contributed by atoms with Crippen molar-refractivity contribution in [3.8, 4) is 0 Å². The topological polar surface area (TPSA) is 29.9 Å². The SMILES string of the molecule is CCc1nn(C)cc1CNCc1cc(F)c(F)cc1F. The van der Waals surface area contributed by atoms with Gasteiger partial charge in [0.05, 0.1) is 5.69 Å². The monoisotopic (exact) mass is 283 g/mol. The fraction of sp³-hybridized carbons (Fsp3) is 0.357. The molecular formula is C14H16F3N3. The van der Waals surface area contributed by atoms with E-state index in [4.69, 9.17) is 0 Å². The van der Waals surface area contributed by atoms with E-state index in [1.807, 2.05) is 20.2 Å². The Kier molecular flexibility index (Phi) is 4.44. The molecule has 0 fully saturated rings. The van der Waals surface area contributed by atoms with E-state index in [-0.39, 0.29) is 12.1 Å². The maximum atomic E-state index is 13.4. The van der Waals surface area contributed by atoms with Gasteiger partial charge in [0.1, 0.15) is 5.82 Å². The fourth-order valence-electron chi connectivity index (χ4n) is 2.06. The number of benzene rings is 1. The van der Waals surface area contributed by atoms with Gasteiger partial charge in [-0.05, 0) is 12.5 Å². The normalized spacial score (nSPS) is 11.1. The lowest BCUT2D eigenvalue weighted by atomic mass is 10.1. The van der Waals surface area contributed by atoms with Gasteiger partial charge in [0.2, 0.25) is 0 Å². The molecule has 108 valence electrons. The molecule has 0 aliphatic rings. The first-order chi connectivity index (χ1) is 9.51. The van der Waals surface area contributed by atoms with Crippen molar-refractivity contribution < 1.29 is 13.2 Å². The van der Waals surface area contributed by atoms with Gasteiger partial charge in [-0.15, -0.1) is 0 Å². The van der Waals surface area contributed by atoms with Crippen molar-refractivity contribution in [2.24, 2.45) is 7.05 Å². The van der Waals surface area contributed by atoms with Gasteiger partial charge in [-0.3, -0.25) is 4.68 Å². The van der Waals surface area contributed by atoms with Crippen LogP contribution in [0.25, 0.3) is 0 Å². The second kappa shape index (κ2) is 6.09. The summed E-state index contributed by atoms with van der Waals surface area (Å²) >= 11 is 0. The maximum absolute atomic E-state index is 13.4. The number of halogens is 3. The molecule has 1 heterocycles. The molecule has 2 aromatic rings. The molecule has 1 aromatic heterocycles. The molecule has 1 N–H and O–H groups in total. The number of aryl methyl sites for hydroxylation is 2. The van der Waals surface area contributed by atoms with Gasteiger partial charge < -0.3 is 5.32 Å². The number of aromatic nitrogens is 2. The van der Waals surface area contributed by atoms with Crippen LogP contribution in [0.15, 0.2) is 18.3 Å². The van der Waals surface area contributed by atoms with E-state index in [2.05, 4.69) is 10.4 Å². The van der Waals surface area contributed by atoms with Crippen LogP contribution < -0.4 is 5.32 Å². The third-order valence-corrected chi connectivity index (χ3v) is 3.05. The number of hydrogen-bond donors (Lipinski definition) is 1. The molecule has 0 amide bonds. The summed E-state index contributed by atoms with van der Waals surface area (Å²) < 4.78 is 41.0. The molecule has 0 spiro atoms. The molecular weight excluding hydrogens is 267 g/mol. The van der Waals surface area contributed by atoms with Crippen molar-refractivity contribution in [1.82, 2.24) is 15.1 Å². The van der Waals surface area contributed by atoms with Gasteiger partial charge in [0.15, 0.2) is 11.6 Å². The average molecular weight is 283 g/mol. The van der Waals surface area contributed by atoms with E-state index >= 15 is 0 Å². The van der Waals surface area contributed by atoms with Crippen LogP contribution >= 0.6 is 0 Å². The Morgan fingerprint density at radius 2 is 1.70 bits per heavy atom. The first-order valence-electron chi connectivity index (χ1n) is 6.36. The Morgan fingerprint density at radius 1 is 1.05 bits per heavy atom. The smallest absolute Gasteiger partial charge is 0.161 e. The summed E-state index contributed by atoms with van der Waals surface area (Å²) in [5, 5.41) is 7.30. The van der Waals surface area contributed by atoms with Crippen LogP contribution in [-0.4, -0.2) is 9.78 Å². The summed E-state index contributed by atoms with van der Waals surface area (Å²) in [5.74, 6) is -2.97. The van der Waals surface area contributed by atoms with Gasteiger partial charge in [-0.1, -0.05) is 6.92 Å². The Bertz CT molecular complexity index is 608. The number of rotatable bonds is 5. The highest BCUT2D eigenvalue weighted by Crippen LogP contribution is 2.14. The molecule has 6 heteroatoms. The molecule has 0 unspecified atom stereocenters. The van der Waals surface area contributed by atoms with E-state index < -0.39 is 17.5 Å². The molecule has 0 bridgehead atoms. The third-order valence-electron chi connectivity index (χ3n) is 3.05. The molecule has 0 aliphatic carbocycles. The van der Waals surface area contributed by atoms with Gasteiger partial charge in [0.25, 0.3) is 0 Å². The van der Waals surface area contributed by atoms with Crippen molar-refractivity contribution in [3.05, 3.63) is 52.6 Å². The lowest BCUT2D eigenvalue weighted by Gasteiger charge is -2.06. The lowest BCUT2D eigenvalue weighted by Crippen LogP contribution is -2.15. The molecule has 3 nitrogen and oxygen atoms in total. The molecule has 0 aliphatic heterocycles. The highest BCUT2D eigenvalue weighted by molar-refractivity contribution is 5.21. The predicted octanol–water partition coefficient (Wildman–Crippen LogP) is 2.69. The van der Waals surface area contributed by atoms with Crippen LogP contribution in [0.4, 0.5) is 13.2 Å². The van der Waals surface area contributed by atoms with Crippen molar-refractivity contribution >= 4 is 0 Å². The van der Waals surface area contributed by atoms with Gasteiger partial charge >= 0.3 is 0 Å². The zero-order valence-electron chi connectivity index (χ0n) is 11.4. The highest BCUT2D eigenvalue weighted by Gasteiger charge is 2.10. The van der Waals surface area contributed by atoms with Gasteiger partial charge in [0, 0.05) is 43.5 Å². The first kappa shape index (κ1) is 14.6. The Labute approximate surface area is 115 Å². The molecule has 2 rings (SSSR count). The minimum atomic E-state index is -1.17. The van der Waals surface area contributed by atoms with E-state index in [1.165, 1.54) is 0 Å². The summed E-state index contributed by atoms with van der Waals surface area (Å²) in [6, 6.07) is 1.44. The minimum Gasteiger partial charge on any atom is -0.308 e. The number of nitrogens with one attached hydrogen (secondary N) is 1. The largest absolute Gasteiger partial charge is 0.308 e. The van der Waals surface area contributed by atoms with Crippen molar-refractivity contribution in [2.75, 3.05) is 0 Å². The number of nitrogens with zero attached hydrogens (tertiary/aromatic N) is 2. The van der Waals surface area contributed by atoms with Crippen LogP contribution in [0.5, 0.6) is 0 Å². The van der Waals surface area contributed by atoms with Crippen LogP contribution in [-0.2, 0) is 26.6 Å². The summed E-state index contributed by atoms with van der Waals surface area (Å²) in [7, 11) is 1.83. The molecule has 0 saturated carbocycles. The quantitative estimate of drug-likeness (QED) is 0.855. The molecule has 0 radical (unpaired) electrons. The molecule has 0 atom stereocenters. The van der Waals surface area contributed by atoms with Crippen molar-refractivity contribution in [3.63, 3.8) is 0 Å². The summed E-state index contributed by atoms with van der Waals surface area (Å²) in [5.41, 5.74) is 2.08. The maximum Gasteiger partial charge on any atom is 0.161 e. The zero-order valence-corrected chi connectivity index (χ0v) is 11.4. The van der Waals surface area contributed by atoms with Crippen LogP contribution in [0.2, 0.25) is 0 Å². The Hall–Kier alpha value is -1.82. The van der Waals surface area contributed by atoms with Crippen molar-refractivity contribution in [2.45, 2.75) is 26.4 Å². The zero-order chi connectivity index (χ0) is 14.7. The first-order valence-corrected chi connectivity index (χ1v) is 6.36. The van der Waals surface area contributed by atoms with Crippen LogP contribution in [0.3, 0.4) is 0 Å². The summed E-state index contributed by atoms with van der Waals surface area (Å²) in [4.78, 5) is 0. The third kappa shape index (κ3) is 3.19. The van der Waals surface area contributed by atoms with E-state index in [1.54, 1.807) is 4.68 Å². The van der Waals surface area contributed by atoms with Gasteiger partial charge in [-0.25, -0.2) is 13.2 Å². The second-order valence-corrected chi connectivity index (χ2v) is 4.59. The second-order valence-electron chi connectivity index (χ2n) is 4.59. The minimum absolute atomic E-state index is 0.103. The summed E-state index contributed by atoms with van der Waals surface area (Å²) in [6.07, 6.45) is 2.69. The molecule has 20 heavy (non-hydrogen) atoms. The fourth-order valence-corrected chi connectivity index (χ4v) is 2.06. The van der Waals surface area contributed by atoms with Crippen LogP contribution in [0.1, 0.15) is 23.7 Å². The standard InChI is InChI=1S/C14H16F3N3/c1-3-14-10(8-20(2)19-14)7-18-6-9-4-12(16)13(17)5-11(9)15/h4-5,8,18H,3,6-7H2,1-2H3. The van der Waals surface area contributed by atoms with E-state index in [0.717, 1.165) is 23.7 Å². The Balaban J connectivity index is 2.01. The molecule has 1 aromatic carbocycles. The lowest BCUT2D eigenvalue weighted by molar-refractivity contribution is 0.486. The number of hydrogen-bond acceptors (Lipinski definition) is 2. The predicted molar refractivity (Wildman–Crippen MR) is 69.4 cm³/mol. The highest BCUT2D eigenvalue weighted by atomic mass is 19.2.